The molecule has 0 aliphatic carbocycles. The lowest BCUT2D eigenvalue weighted by Crippen LogP contribution is -2.39. The number of nitrogens with zero attached hydrogens (tertiary/aromatic N) is 2. The van der Waals surface area contributed by atoms with Gasteiger partial charge in [-0.05, 0) is 79.9 Å². The van der Waals surface area contributed by atoms with Gasteiger partial charge in [0.2, 0.25) is 0 Å². The molecule has 2 heterocycles. The molecule has 1 aromatic heterocycles. The molecule has 0 unspecified atom stereocenters. The smallest absolute Gasteiger partial charge is 0.338 e. The molecule has 9 heteroatoms. The van der Waals surface area contributed by atoms with Crippen LogP contribution in [0, 0.1) is 0 Å². The Kier molecular flexibility index (Phi) is 8.71. The van der Waals surface area contributed by atoms with Crippen LogP contribution in [0.5, 0.6) is 11.5 Å². The van der Waals surface area contributed by atoms with Gasteiger partial charge in [0.15, 0.2) is 4.80 Å². The van der Waals surface area contributed by atoms with Gasteiger partial charge in [0, 0.05) is 5.02 Å². The van der Waals surface area contributed by atoms with E-state index in [1.165, 1.54) is 11.3 Å². The van der Waals surface area contributed by atoms with Crippen LogP contribution in [0.25, 0.3) is 6.08 Å². The lowest BCUT2D eigenvalue weighted by Gasteiger charge is -2.24. The molecule has 4 aromatic rings. The molecule has 0 fully saturated rings. The summed E-state index contributed by atoms with van der Waals surface area (Å²) in [5.74, 6) is 0.891. The van der Waals surface area contributed by atoms with Crippen molar-refractivity contribution in [1.82, 2.24) is 4.57 Å². The summed E-state index contributed by atoms with van der Waals surface area (Å²) in [5, 5.41) is 0.673. The maximum Gasteiger partial charge on any atom is 0.338 e. The van der Waals surface area contributed by atoms with Crippen LogP contribution in [0.1, 0.15) is 43.5 Å². The van der Waals surface area contributed by atoms with Crippen molar-refractivity contribution >= 4 is 35.0 Å². The minimum absolute atomic E-state index is 0.215. The second-order valence-electron chi connectivity index (χ2n) is 9.29. The fourth-order valence-electron chi connectivity index (χ4n) is 4.61. The van der Waals surface area contributed by atoms with E-state index < -0.39 is 12.0 Å². The monoisotopic (exact) mass is 588 g/mol. The highest BCUT2D eigenvalue weighted by molar-refractivity contribution is 7.07. The molecule has 0 N–H and O–H groups in total. The summed E-state index contributed by atoms with van der Waals surface area (Å²) < 4.78 is 19.0. The summed E-state index contributed by atoms with van der Waals surface area (Å²) in [6, 6.07) is 21.8. The van der Waals surface area contributed by atoms with Crippen LogP contribution in [0.15, 0.2) is 93.9 Å². The number of halogens is 1. The predicted molar refractivity (Wildman–Crippen MR) is 160 cm³/mol. The molecular weight excluding hydrogens is 560 g/mol. The van der Waals surface area contributed by atoms with E-state index in [9.17, 15) is 9.59 Å². The minimum atomic E-state index is -0.683. The molecular formula is C32H29ClN2O5S. The molecule has 0 amide bonds. The van der Waals surface area contributed by atoms with Gasteiger partial charge < -0.3 is 14.2 Å². The van der Waals surface area contributed by atoms with Crippen molar-refractivity contribution in [3.05, 3.63) is 125 Å². The Balaban J connectivity index is 1.53. The van der Waals surface area contributed by atoms with Crippen molar-refractivity contribution in [2.45, 2.75) is 33.4 Å². The second-order valence-corrected chi connectivity index (χ2v) is 10.7. The normalized spacial score (nSPS) is 14.8. The van der Waals surface area contributed by atoms with Crippen molar-refractivity contribution in [3.8, 4) is 11.5 Å². The highest BCUT2D eigenvalue weighted by atomic mass is 35.5. The van der Waals surface area contributed by atoms with Crippen LogP contribution in [0.3, 0.4) is 0 Å². The number of fused-ring (bicyclic) bond motifs is 1. The van der Waals surface area contributed by atoms with Gasteiger partial charge in [-0.3, -0.25) is 9.36 Å². The van der Waals surface area contributed by atoms with Gasteiger partial charge in [0.05, 0.1) is 35.1 Å². The van der Waals surface area contributed by atoms with Crippen molar-refractivity contribution in [2.24, 2.45) is 4.99 Å². The van der Waals surface area contributed by atoms with Gasteiger partial charge in [0.25, 0.3) is 5.56 Å². The number of aromatic nitrogens is 1. The molecule has 41 heavy (non-hydrogen) atoms. The molecule has 0 radical (unpaired) electrons. The van der Waals surface area contributed by atoms with Crippen LogP contribution in [-0.2, 0) is 16.1 Å². The maximum absolute atomic E-state index is 13.9. The molecule has 1 aliphatic heterocycles. The summed E-state index contributed by atoms with van der Waals surface area (Å²) in [6.07, 6.45) is 1.82. The zero-order valence-corrected chi connectivity index (χ0v) is 24.5. The Morgan fingerprint density at radius 2 is 1.76 bits per heavy atom. The highest BCUT2D eigenvalue weighted by Gasteiger charge is 2.33. The summed E-state index contributed by atoms with van der Waals surface area (Å²) in [4.78, 5) is 32.1. The Hall–Kier alpha value is -4.14. The lowest BCUT2D eigenvalue weighted by atomic mass is 9.96. The van der Waals surface area contributed by atoms with Crippen molar-refractivity contribution in [2.75, 3.05) is 13.2 Å². The first kappa shape index (κ1) is 28.4. The van der Waals surface area contributed by atoms with Gasteiger partial charge in [-0.1, -0.05) is 59.3 Å². The number of hydrogen-bond acceptors (Lipinski definition) is 7. The first-order chi connectivity index (χ1) is 19.9. The van der Waals surface area contributed by atoms with Crippen LogP contribution in [-0.4, -0.2) is 23.8 Å². The molecule has 0 saturated carbocycles. The summed E-state index contributed by atoms with van der Waals surface area (Å²) in [5.41, 5.74) is 3.18. The van der Waals surface area contributed by atoms with Gasteiger partial charge in [-0.2, -0.15) is 0 Å². The third-order valence-electron chi connectivity index (χ3n) is 6.50. The van der Waals surface area contributed by atoms with Crippen molar-refractivity contribution < 1.29 is 19.0 Å². The van der Waals surface area contributed by atoms with E-state index in [2.05, 4.69) is 4.99 Å². The average Bonchev–Trinajstić information content (AvgIpc) is 3.27. The highest BCUT2D eigenvalue weighted by Crippen LogP contribution is 2.31. The quantitative estimate of drug-likeness (QED) is 0.244. The number of ether oxygens (including phenoxy) is 3. The van der Waals surface area contributed by atoms with Gasteiger partial charge in [-0.25, -0.2) is 9.79 Å². The maximum atomic E-state index is 13.9. The minimum Gasteiger partial charge on any atom is -0.494 e. The first-order valence-corrected chi connectivity index (χ1v) is 14.5. The predicted octanol–water partition coefficient (Wildman–Crippen LogP) is 5.43. The SMILES string of the molecule is CCOC(=O)C1=C(C)N=c2s/c(=C\c3cccc(OCc4ccc(Cl)cc4)c3)c(=O)n2[C@@H]1c1ccc(OCC)cc1. The molecule has 1 atom stereocenters. The third kappa shape index (κ3) is 6.29. The van der Waals surface area contributed by atoms with E-state index in [0.717, 1.165) is 16.7 Å². The topological polar surface area (TPSA) is 79.1 Å². The number of hydrogen-bond donors (Lipinski definition) is 0. The molecule has 7 nitrogen and oxygen atoms in total. The van der Waals surface area contributed by atoms with Gasteiger partial charge in [-0.15, -0.1) is 0 Å². The van der Waals surface area contributed by atoms with Crippen LogP contribution in [0.4, 0.5) is 0 Å². The van der Waals surface area contributed by atoms with E-state index >= 15 is 0 Å². The van der Waals surface area contributed by atoms with E-state index in [4.69, 9.17) is 25.8 Å². The standard InChI is InChI=1S/C32H29ClN2O5S/c1-4-38-25-15-11-23(12-16-25)29-28(31(37)39-5-2)20(3)34-32-35(29)30(36)27(41-32)18-22-7-6-8-26(17-22)40-19-21-9-13-24(33)14-10-21/h6-18,29H,4-5,19H2,1-3H3/b27-18-/t29-/m1/s1. The number of allylic oxidation sites excluding steroid dienone is 1. The van der Waals surface area contributed by atoms with Crippen molar-refractivity contribution in [3.63, 3.8) is 0 Å². The first-order valence-electron chi connectivity index (χ1n) is 13.3. The summed E-state index contributed by atoms with van der Waals surface area (Å²) in [6.45, 7) is 6.58. The second kappa shape index (κ2) is 12.6. The van der Waals surface area contributed by atoms with E-state index in [1.807, 2.05) is 85.8 Å². The largest absolute Gasteiger partial charge is 0.494 e. The number of esters is 1. The van der Waals surface area contributed by atoms with Crippen LogP contribution < -0.4 is 24.4 Å². The third-order valence-corrected chi connectivity index (χ3v) is 7.73. The number of carbonyl (C=O) groups excluding carboxylic acids is 1. The number of benzene rings is 3. The van der Waals surface area contributed by atoms with E-state index in [1.54, 1.807) is 18.4 Å². The number of rotatable bonds is 9. The Bertz CT molecular complexity index is 1770. The lowest BCUT2D eigenvalue weighted by molar-refractivity contribution is -0.139. The van der Waals surface area contributed by atoms with Gasteiger partial charge in [0.1, 0.15) is 18.1 Å². The van der Waals surface area contributed by atoms with Crippen molar-refractivity contribution in [1.29, 1.82) is 0 Å². The Morgan fingerprint density at radius 1 is 1.00 bits per heavy atom. The van der Waals surface area contributed by atoms with Crippen LogP contribution >= 0.6 is 22.9 Å². The zero-order chi connectivity index (χ0) is 28.9. The van der Waals surface area contributed by atoms with Crippen LogP contribution in [0.2, 0.25) is 5.02 Å². The average molecular weight is 589 g/mol. The number of thiazole rings is 1. The zero-order valence-electron chi connectivity index (χ0n) is 22.9. The Morgan fingerprint density at radius 3 is 2.46 bits per heavy atom. The summed E-state index contributed by atoms with van der Waals surface area (Å²) in [7, 11) is 0. The molecule has 0 spiro atoms. The van der Waals surface area contributed by atoms with E-state index in [0.29, 0.717) is 50.3 Å². The molecule has 210 valence electrons. The van der Waals surface area contributed by atoms with Gasteiger partial charge >= 0.3 is 5.97 Å². The molecule has 5 rings (SSSR count). The summed E-state index contributed by atoms with van der Waals surface area (Å²) >= 11 is 7.25. The molecule has 1 aliphatic rings. The molecule has 0 saturated heterocycles. The molecule has 3 aromatic carbocycles. The van der Waals surface area contributed by atoms with E-state index in [-0.39, 0.29) is 12.2 Å². The molecule has 0 bridgehead atoms. The fourth-order valence-corrected chi connectivity index (χ4v) is 5.79. The fraction of sp³-hybridized carbons (Fsp3) is 0.219. The Labute approximate surface area is 246 Å². The number of carbonyl (C=O) groups is 1.